The fraction of sp³-hybridized carbons (Fsp3) is 0.750. The standard InChI is InChI=1S/C20H28O4/c1-13-11-15-16-18(2,17(21)24-15)7-4-8-19(16,3)20(13,22)9-5-14-6-10-23-12-14/h6,10,12-13,15-16,22H,4-5,7-9,11H2,1-3H3/t13-,15-,16-,18-,19-,20+/m0/s1. The molecule has 1 aliphatic heterocycles. The van der Waals surface area contributed by atoms with Gasteiger partial charge >= 0.3 is 5.97 Å². The SMILES string of the molecule is C[C@H]1C[C@@H]2OC(=O)[C@@]3(C)CCC[C@@](C)([C@@H]23)[C@@]1(O)CCc1ccoc1. The van der Waals surface area contributed by atoms with Gasteiger partial charge in [-0.3, -0.25) is 4.79 Å². The van der Waals surface area contributed by atoms with Gasteiger partial charge in [-0.1, -0.05) is 20.3 Å². The van der Waals surface area contributed by atoms with E-state index in [-0.39, 0.29) is 29.3 Å². The molecule has 1 aromatic rings. The molecule has 0 bridgehead atoms. The lowest BCUT2D eigenvalue weighted by atomic mass is 9.44. The van der Waals surface area contributed by atoms with Gasteiger partial charge in [0, 0.05) is 11.3 Å². The Morgan fingerprint density at radius 2 is 2.12 bits per heavy atom. The third kappa shape index (κ3) is 1.92. The summed E-state index contributed by atoms with van der Waals surface area (Å²) in [5.41, 5.74) is -0.362. The van der Waals surface area contributed by atoms with Gasteiger partial charge in [0.05, 0.1) is 23.5 Å². The molecule has 2 aliphatic carbocycles. The van der Waals surface area contributed by atoms with Crippen molar-refractivity contribution in [1.29, 1.82) is 0 Å². The molecule has 6 atom stereocenters. The van der Waals surface area contributed by atoms with Gasteiger partial charge in [0.25, 0.3) is 0 Å². The highest BCUT2D eigenvalue weighted by molar-refractivity contribution is 5.80. The number of aryl methyl sites for hydroxylation is 1. The van der Waals surface area contributed by atoms with Crippen LogP contribution in [0.2, 0.25) is 0 Å². The van der Waals surface area contributed by atoms with E-state index >= 15 is 0 Å². The molecule has 0 aromatic carbocycles. The van der Waals surface area contributed by atoms with Crippen LogP contribution in [0.5, 0.6) is 0 Å². The number of ether oxygens (including phenoxy) is 1. The number of hydrogen-bond acceptors (Lipinski definition) is 4. The van der Waals surface area contributed by atoms with Crippen LogP contribution in [-0.4, -0.2) is 22.8 Å². The first kappa shape index (κ1) is 16.2. The van der Waals surface area contributed by atoms with Crippen molar-refractivity contribution in [2.45, 2.75) is 71.0 Å². The third-order valence-corrected chi connectivity index (χ3v) is 7.63. The van der Waals surface area contributed by atoms with Crippen molar-refractivity contribution in [3.63, 3.8) is 0 Å². The average molecular weight is 332 g/mol. The van der Waals surface area contributed by atoms with Gasteiger partial charge in [-0.05, 0) is 56.6 Å². The fourth-order valence-electron chi connectivity index (χ4n) is 6.30. The first-order valence-electron chi connectivity index (χ1n) is 9.26. The molecule has 0 spiro atoms. The van der Waals surface area contributed by atoms with E-state index in [0.29, 0.717) is 6.42 Å². The van der Waals surface area contributed by atoms with Crippen LogP contribution in [0.15, 0.2) is 23.0 Å². The Labute approximate surface area is 143 Å². The first-order chi connectivity index (χ1) is 11.3. The Hall–Kier alpha value is -1.29. The number of carbonyl (C=O) groups is 1. The zero-order valence-electron chi connectivity index (χ0n) is 14.9. The minimum absolute atomic E-state index is 0.0306. The Balaban J connectivity index is 1.70. The normalized spacial score (nSPS) is 47.3. The number of aliphatic hydroxyl groups is 1. The van der Waals surface area contributed by atoms with Crippen LogP contribution < -0.4 is 0 Å². The molecular formula is C20H28O4. The summed E-state index contributed by atoms with van der Waals surface area (Å²) in [6.07, 6.45) is 8.51. The number of hydrogen-bond donors (Lipinski definition) is 1. The summed E-state index contributed by atoms with van der Waals surface area (Å²) in [5, 5.41) is 11.9. The first-order valence-corrected chi connectivity index (χ1v) is 9.26. The predicted octanol–water partition coefficient (Wildman–Crippen LogP) is 3.72. The molecular weight excluding hydrogens is 304 g/mol. The molecule has 4 nitrogen and oxygen atoms in total. The molecule has 0 amide bonds. The number of esters is 1. The topological polar surface area (TPSA) is 59.7 Å². The van der Waals surface area contributed by atoms with Crippen molar-refractivity contribution in [1.82, 2.24) is 0 Å². The molecule has 4 rings (SSSR count). The number of furan rings is 1. The van der Waals surface area contributed by atoms with Crippen molar-refractivity contribution in [3.8, 4) is 0 Å². The minimum atomic E-state index is -0.777. The predicted molar refractivity (Wildman–Crippen MR) is 89.2 cm³/mol. The highest BCUT2D eigenvalue weighted by atomic mass is 16.6. The molecule has 24 heavy (non-hydrogen) atoms. The zero-order chi connectivity index (χ0) is 17.2. The maximum absolute atomic E-state index is 12.6. The third-order valence-electron chi connectivity index (χ3n) is 7.63. The summed E-state index contributed by atoms with van der Waals surface area (Å²) in [5.74, 6) is 0.190. The lowest BCUT2D eigenvalue weighted by Crippen LogP contribution is -2.65. The van der Waals surface area contributed by atoms with Crippen LogP contribution >= 0.6 is 0 Å². The number of carbonyl (C=O) groups excluding carboxylic acids is 1. The molecule has 2 saturated carbocycles. The van der Waals surface area contributed by atoms with Crippen LogP contribution in [0, 0.1) is 22.7 Å². The lowest BCUT2D eigenvalue weighted by molar-refractivity contribution is -0.217. The van der Waals surface area contributed by atoms with E-state index in [0.717, 1.165) is 37.7 Å². The van der Waals surface area contributed by atoms with Gasteiger partial charge in [0.2, 0.25) is 0 Å². The second kappa shape index (κ2) is 5.10. The van der Waals surface area contributed by atoms with Gasteiger partial charge in [-0.25, -0.2) is 0 Å². The van der Waals surface area contributed by atoms with Gasteiger partial charge in [-0.15, -0.1) is 0 Å². The highest BCUT2D eigenvalue weighted by Crippen LogP contribution is 2.67. The number of rotatable bonds is 3. The second-order valence-electron chi connectivity index (χ2n) is 8.80. The van der Waals surface area contributed by atoms with Gasteiger partial charge in [-0.2, -0.15) is 0 Å². The molecule has 0 unspecified atom stereocenters. The van der Waals surface area contributed by atoms with E-state index in [2.05, 4.69) is 20.8 Å². The van der Waals surface area contributed by atoms with E-state index in [1.807, 2.05) is 6.07 Å². The van der Waals surface area contributed by atoms with E-state index in [1.54, 1.807) is 12.5 Å². The average Bonchev–Trinajstić information content (AvgIpc) is 3.12. The van der Waals surface area contributed by atoms with Crippen LogP contribution in [0.3, 0.4) is 0 Å². The summed E-state index contributed by atoms with van der Waals surface area (Å²) in [6.45, 7) is 6.38. The smallest absolute Gasteiger partial charge is 0.312 e. The van der Waals surface area contributed by atoms with Crippen molar-refractivity contribution < 1.29 is 19.1 Å². The van der Waals surface area contributed by atoms with Gasteiger partial charge < -0.3 is 14.3 Å². The molecule has 1 N–H and O–H groups in total. The van der Waals surface area contributed by atoms with Crippen LogP contribution in [0.1, 0.15) is 58.4 Å². The van der Waals surface area contributed by atoms with E-state index in [9.17, 15) is 9.90 Å². The molecule has 1 aromatic heterocycles. The second-order valence-corrected chi connectivity index (χ2v) is 8.80. The van der Waals surface area contributed by atoms with Crippen molar-refractivity contribution >= 4 is 5.97 Å². The molecule has 3 fully saturated rings. The lowest BCUT2D eigenvalue weighted by Gasteiger charge is -2.61. The molecule has 0 radical (unpaired) electrons. The summed E-state index contributed by atoms with van der Waals surface area (Å²) in [4.78, 5) is 12.6. The van der Waals surface area contributed by atoms with Crippen molar-refractivity contribution in [3.05, 3.63) is 24.2 Å². The Kier molecular flexibility index (Phi) is 3.44. The maximum Gasteiger partial charge on any atom is 0.312 e. The summed E-state index contributed by atoms with van der Waals surface area (Å²) < 4.78 is 11.0. The summed E-state index contributed by atoms with van der Waals surface area (Å²) in [7, 11) is 0. The summed E-state index contributed by atoms with van der Waals surface area (Å²) in [6, 6.07) is 1.97. The molecule has 3 aliphatic rings. The Bertz CT molecular complexity index is 638. The monoisotopic (exact) mass is 332 g/mol. The van der Waals surface area contributed by atoms with E-state index in [4.69, 9.17) is 9.15 Å². The van der Waals surface area contributed by atoms with Gasteiger partial charge in [0.1, 0.15) is 6.10 Å². The van der Waals surface area contributed by atoms with E-state index in [1.165, 1.54) is 0 Å². The Morgan fingerprint density at radius 3 is 2.83 bits per heavy atom. The molecule has 2 heterocycles. The summed E-state index contributed by atoms with van der Waals surface area (Å²) >= 11 is 0. The van der Waals surface area contributed by atoms with Crippen LogP contribution in [0.25, 0.3) is 0 Å². The molecule has 1 saturated heterocycles. The fourth-order valence-corrected chi connectivity index (χ4v) is 6.30. The van der Waals surface area contributed by atoms with Crippen molar-refractivity contribution in [2.75, 3.05) is 0 Å². The Morgan fingerprint density at radius 1 is 1.33 bits per heavy atom. The highest BCUT2D eigenvalue weighted by Gasteiger charge is 2.70. The van der Waals surface area contributed by atoms with E-state index < -0.39 is 11.0 Å². The molecule has 4 heteroatoms. The quantitative estimate of drug-likeness (QED) is 0.857. The molecule has 132 valence electrons. The minimum Gasteiger partial charge on any atom is -0.472 e. The van der Waals surface area contributed by atoms with Crippen LogP contribution in [-0.2, 0) is 16.0 Å². The maximum atomic E-state index is 12.6. The van der Waals surface area contributed by atoms with Crippen LogP contribution in [0.4, 0.5) is 0 Å². The van der Waals surface area contributed by atoms with Gasteiger partial charge in [0.15, 0.2) is 0 Å². The largest absolute Gasteiger partial charge is 0.472 e. The zero-order valence-corrected chi connectivity index (χ0v) is 14.9. The van der Waals surface area contributed by atoms with Crippen molar-refractivity contribution in [2.24, 2.45) is 22.7 Å².